The third kappa shape index (κ3) is 1.92. The summed E-state index contributed by atoms with van der Waals surface area (Å²) >= 11 is 0. The Morgan fingerprint density at radius 1 is 1.47 bits per heavy atom. The zero-order valence-electron chi connectivity index (χ0n) is 9.96. The summed E-state index contributed by atoms with van der Waals surface area (Å²) in [6.45, 7) is 0.515. The molecule has 5 nitrogen and oxygen atoms in total. The number of pyridine rings is 1. The van der Waals surface area contributed by atoms with Gasteiger partial charge in [0.05, 0.1) is 19.3 Å². The highest BCUT2D eigenvalue weighted by atomic mass is 16.5. The standard InChI is InChI=1S/C12H16N2O3/c1-14(2)10(9-3-5-13-6-4-9)12(11(15)16)7-17-8-12/h3-6,10H,7-8H2,1-2H3,(H,15,16). The second kappa shape index (κ2) is 4.43. The summed E-state index contributed by atoms with van der Waals surface area (Å²) in [5, 5.41) is 9.44. The first-order valence-electron chi connectivity index (χ1n) is 5.45. The summed E-state index contributed by atoms with van der Waals surface area (Å²) in [5.41, 5.74) is 0.112. The molecule has 1 aromatic rings. The largest absolute Gasteiger partial charge is 0.481 e. The molecule has 1 aromatic heterocycles. The van der Waals surface area contributed by atoms with E-state index in [0.29, 0.717) is 0 Å². The summed E-state index contributed by atoms with van der Waals surface area (Å²) < 4.78 is 5.13. The maximum Gasteiger partial charge on any atom is 0.316 e. The number of carboxylic acid groups (broad SMARTS) is 1. The van der Waals surface area contributed by atoms with Crippen LogP contribution in [0.5, 0.6) is 0 Å². The molecule has 0 aromatic carbocycles. The zero-order valence-corrected chi connectivity index (χ0v) is 9.96. The monoisotopic (exact) mass is 236 g/mol. The molecule has 5 heteroatoms. The Morgan fingerprint density at radius 3 is 2.41 bits per heavy atom. The van der Waals surface area contributed by atoms with Gasteiger partial charge in [-0.05, 0) is 31.8 Å². The van der Waals surface area contributed by atoms with Gasteiger partial charge in [0.1, 0.15) is 5.41 Å². The first kappa shape index (κ1) is 12.0. The van der Waals surface area contributed by atoms with Gasteiger partial charge < -0.3 is 14.7 Å². The van der Waals surface area contributed by atoms with Crippen molar-refractivity contribution < 1.29 is 14.6 Å². The average molecular weight is 236 g/mol. The predicted molar refractivity (Wildman–Crippen MR) is 61.6 cm³/mol. The van der Waals surface area contributed by atoms with Crippen molar-refractivity contribution in [1.29, 1.82) is 0 Å². The van der Waals surface area contributed by atoms with Gasteiger partial charge in [-0.15, -0.1) is 0 Å². The predicted octanol–water partition coefficient (Wildman–Crippen LogP) is 0.786. The van der Waals surface area contributed by atoms with E-state index in [4.69, 9.17) is 4.74 Å². The molecule has 0 amide bonds. The lowest BCUT2D eigenvalue weighted by atomic mass is 9.74. The molecule has 1 unspecified atom stereocenters. The highest BCUT2D eigenvalue weighted by Crippen LogP contribution is 2.43. The van der Waals surface area contributed by atoms with Crippen LogP contribution in [-0.4, -0.2) is 48.3 Å². The van der Waals surface area contributed by atoms with Crippen LogP contribution in [0.4, 0.5) is 0 Å². The van der Waals surface area contributed by atoms with Crippen molar-refractivity contribution >= 4 is 5.97 Å². The van der Waals surface area contributed by atoms with Gasteiger partial charge in [0.2, 0.25) is 0 Å². The maximum absolute atomic E-state index is 11.5. The average Bonchev–Trinajstić information content (AvgIpc) is 2.23. The first-order chi connectivity index (χ1) is 8.08. The quantitative estimate of drug-likeness (QED) is 0.837. The van der Waals surface area contributed by atoms with Gasteiger partial charge in [-0.1, -0.05) is 0 Å². The molecule has 0 bridgehead atoms. The number of aliphatic carboxylic acids is 1. The van der Waals surface area contributed by atoms with Gasteiger partial charge in [-0.3, -0.25) is 9.78 Å². The lowest BCUT2D eigenvalue weighted by Gasteiger charge is -2.46. The van der Waals surface area contributed by atoms with Gasteiger partial charge in [0.25, 0.3) is 0 Å². The van der Waals surface area contributed by atoms with E-state index in [-0.39, 0.29) is 19.3 Å². The molecular weight excluding hydrogens is 220 g/mol. The fourth-order valence-electron chi connectivity index (χ4n) is 2.38. The summed E-state index contributed by atoms with van der Waals surface area (Å²) in [5.74, 6) is -0.806. The van der Waals surface area contributed by atoms with Crippen LogP contribution in [0, 0.1) is 5.41 Å². The molecule has 1 fully saturated rings. The third-order valence-electron chi connectivity index (χ3n) is 3.21. The Morgan fingerprint density at radius 2 is 2.06 bits per heavy atom. The van der Waals surface area contributed by atoms with Gasteiger partial charge in [-0.25, -0.2) is 0 Å². The normalized spacial score (nSPS) is 19.7. The van der Waals surface area contributed by atoms with Crippen LogP contribution >= 0.6 is 0 Å². The minimum absolute atomic E-state index is 0.197. The van der Waals surface area contributed by atoms with Crippen LogP contribution in [-0.2, 0) is 9.53 Å². The number of nitrogens with zero attached hydrogens (tertiary/aromatic N) is 2. The Labute approximate surface area is 100 Å². The second-order valence-corrected chi connectivity index (χ2v) is 4.60. The molecule has 17 heavy (non-hydrogen) atoms. The summed E-state index contributed by atoms with van der Waals surface area (Å²) in [4.78, 5) is 17.4. The summed E-state index contributed by atoms with van der Waals surface area (Å²) in [7, 11) is 3.77. The van der Waals surface area contributed by atoms with Crippen molar-refractivity contribution in [3.05, 3.63) is 30.1 Å². The lowest BCUT2D eigenvalue weighted by Crippen LogP contribution is -2.56. The van der Waals surface area contributed by atoms with E-state index in [1.54, 1.807) is 12.4 Å². The number of carbonyl (C=O) groups is 1. The van der Waals surface area contributed by atoms with Crippen LogP contribution in [0.2, 0.25) is 0 Å². The first-order valence-corrected chi connectivity index (χ1v) is 5.45. The Bertz CT molecular complexity index is 401. The molecule has 2 heterocycles. The molecule has 0 saturated carbocycles. The third-order valence-corrected chi connectivity index (χ3v) is 3.21. The van der Waals surface area contributed by atoms with Crippen molar-refractivity contribution in [2.75, 3.05) is 27.3 Å². The summed E-state index contributed by atoms with van der Waals surface area (Å²) in [6, 6.07) is 3.51. The van der Waals surface area contributed by atoms with E-state index in [1.165, 1.54) is 0 Å². The molecule has 0 aliphatic carbocycles. The molecule has 0 spiro atoms. The Balaban J connectivity index is 2.39. The number of ether oxygens (including phenoxy) is 1. The van der Waals surface area contributed by atoms with Crippen LogP contribution in [0.25, 0.3) is 0 Å². The lowest BCUT2D eigenvalue weighted by molar-refractivity contribution is -0.193. The summed E-state index contributed by atoms with van der Waals surface area (Å²) in [6.07, 6.45) is 3.36. The van der Waals surface area contributed by atoms with Crippen molar-refractivity contribution in [2.45, 2.75) is 6.04 Å². The number of hydrogen-bond acceptors (Lipinski definition) is 4. The van der Waals surface area contributed by atoms with Crippen molar-refractivity contribution in [3.8, 4) is 0 Å². The molecule has 2 rings (SSSR count). The van der Waals surface area contributed by atoms with E-state index in [1.807, 2.05) is 31.1 Å². The minimum atomic E-state index is -0.842. The Kier molecular flexibility index (Phi) is 3.13. The van der Waals surface area contributed by atoms with Crippen LogP contribution in [0.15, 0.2) is 24.5 Å². The smallest absolute Gasteiger partial charge is 0.316 e. The molecule has 1 atom stereocenters. The van der Waals surface area contributed by atoms with Crippen LogP contribution < -0.4 is 0 Å². The van der Waals surface area contributed by atoms with E-state index < -0.39 is 11.4 Å². The van der Waals surface area contributed by atoms with Gasteiger partial charge in [0, 0.05) is 12.4 Å². The number of aromatic nitrogens is 1. The molecule has 1 saturated heterocycles. The molecule has 1 aliphatic heterocycles. The van der Waals surface area contributed by atoms with Gasteiger partial charge >= 0.3 is 5.97 Å². The molecule has 92 valence electrons. The maximum atomic E-state index is 11.5. The van der Waals surface area contributed by atoms with E-state index in [0.717, 1.165) is 5.56 Å². The van der Waals surface area contributed by atoms with Gasteiger partial charge in [0.15, 0.2) is 0 Å². The topological polar surface area (TPSA) is 62.7 Å². The van der Waals surface area contributed by atoms with Crippen molar-refractivity contribution in [3.63, 3.8) is 0 Å². The number of carboxylic acids is 1. The van der Waals surface area contributed by atoms with Crippen molar-refractivity contribution in [2.24, 2.45) is 5.41 Å². The SMILES string of the molecule is CN(C)C(c1ccncc1)C1(C(=O)O)COC1. The highest BCUT2D eigenvalue weighted by Gasteiger charge is 2.53. The zero-order chi connectivity index (χ0) is 12.5. The molecule has 1 aliphatic rings. The highest BCUT2D eigenvalue weighted by molar-refractivity contribution is 5.77. The van der Waals surface area contributed by atoms with E-state index in [2.05, 4.69) is 4.98 Å². The Hall–Kier alpha value is -1.46. The molecule has 1 N–H and O–H groups in total. The van der Waals surface area contributed by atoms with E-state index >= 15 is 0 Å². The van der Waals surface area contributed by atoms with Crippen LogP contribution in [0.3, 0.4) is 0 Å². The number of rotatable bonds is 4. The van der Waals surface area contributed by atoms with Crippen molar-refractivity contribution in [1.82, 2.24) is 9.88 Å². The molecule has 0 radical (unpaired) electrons. The number of hydrogen-bond donors (Lipinski definition) is 1. The fraction of sp³-hybridized carbons (Fsp3) is 0.500. The minimum Gasteiger partial charge on any atom is -0.481 e. The van der Waals surface area contributed by atoms with E-state index in [9.17, 15) is 9.90 Å². The van der Waals surface area contributed by atoms with Gasteiger partial charge in [-0.2, -0.15) is 0 Å². The molecular formula is C12H16N2O3. The second-order valence-electron chi connectivity index (χ2n) is 4.60. The van der Waals surface area contributed by atoms with Crippen LogP contribution in [0.1, 0.15) is 11.6 Å². The fourth-order valence-corrected chi connectivity index (χ4v) is 2.38.